The Bertz CT molecular complexity index is 449. The van der Waals surface area contributed by atoms with Crippen LogP contribution in [0, 0.1) is 10.1 Å². The molecule has 1 N–H and O–H groups in total. The van der Waals surface area contributed by atoms with Gasteiger partial charge in [-0.05, 0) is 6.92 Å². The smallest absolute Gasteiger partial charge is 0.271 e. The van der Waals surface area contributed by atoms with Gasteiger partial charge in [-0.3, -0.25) is 14.9 Å². The number of halogens is 2. The molecular weight excluding hydrogens is 255 g/mol. The number of hydrogen-bond donors (Lipinski definition) is 1. The van der Waals surface area contributed by atoms with Gasteiger partial charge in [0.05, 0.1) is 20.5 Å². The van der Waals surface area contributed by atoms with Crippen LogP contribution in [0.25, 0.3) is 0 Å². The van der Waals surface area contributed by atoms with E-state index in [2.05, 4.69) is 5.32 Å². The summed E-state index contributed by atoms with van der Waals surface area (Å²) in [5.74, 6) is -0.488. The molecule has 7 heteroatoms. The standard InChI is InChI=1S/C9H8Cl2N2O3/c1-2-12-9(14)6-3-5(13(15)16)4-7(10)8(6)11/h3-4H,2H2,1H3,(H,12,14). The number of benzene rings is 1. The van der Waals surface area contributed by atoms with Crippen LogP contribution >= 0.6 is 23.2 Å². The first kappa shape index (κ1) is 12.7. The third kappa shape index (κ3) is 2.62. The number of nitro groups is 1. The summed E-state index contributed by atoms with van der Waals surface area (Å²) in [7, 11) is 0. The van der Waals surface area contributed by atoms with E-state index in [1.54, 1.807) is 6.92 Å². The van der Waals surface area contributed by atoms with E-state index in [4.69, 9.17) is 23.2 Å². The van der Waals surface area contributed by atoms with E-state index in [0.29, 0.717) is 6.54 Å². The first-order valence-corrected chi connectivity index (χ1v) is 5.14. The Morgan fingerprint density at radius 1 is 1.50 bits per heavy atom. The van der Waals surface area contributed by atoms with Gasteiger partial charge in [-0.15, -0.1) is 0 Å². The predicted octanol–water partition coefficient (Wildman–Crippen LogP) is 2.65. The lowest BCUT2D eigenvalue weighted by molar-refractivity contribution is -0.384. The average Bonchev–Trinajstić information content (AvgIpc) is 2.21. The van der Waals surface area contributed by atoms with Crippen molar-refractivity contribution in [3.05, 3.63) is 37.9 Å². The van der Waals surface area contributed by atoms with Gasteiger partial charge in [0.15, 0.2) is 0 Å². The summed E-state index contributed by atoms with van der Waals surface area (Å²) in [5.41, 5.74) is -0.265. The summed E-state index contributed by atoms with van der Waals surface area (Å²) in [6, 6.07) is 2.20. The molecule has 0 unspecified atom stereocenters. The Labute approximate surface area is 101 Å². The summed E-state index contributed by atoms with van der Waals surface area (Å²) in [4.78, 5) is 21.5. The van der Waals surface area contributed by atoms with Crippen LogP contribution in [0.2, 0.25) is 10.0 Å². The van der Waals surface area contributed by atoms with Gasteiger partial charge in [-0.25, -0.2) is 0 Å². The van der Waals surface area contributed by atoms with Gasteiger partial charge in [-0.2, -0.15) is 0 Å². The number of nitrogens with one attached hydrogen (secondary N) is 1. The van der Waals surface area contributed by atoms with Crippen LogP contribution in [0.5, 0.6) is 0 Å². The van der Waals surface area contributed by atoms with Crippen LogP contribution in [0.15, 0.2) is 12.1 Å². The van der Waals surface area contributed by atoms with E-state index >= 15 is 0 Å². The molecule has 0 aliphatic carbocycles. The van der Waals surface area contributed by atoms with Gasteiger partial charge in [0.1, 0.15) is 0 Å². The average molecular weight is 263 g/mol. The van der Waals surface area contributed by atoms with Gasteiger partial charge in [0.25, 0.3) is 11.6 Å². The molecule has 0 radical (unpaired) electrons. The third-order valence-corrected chi connectivity index (χ3v) is 2.61. The first-order valence-electron chi connectivity index (χ1n) is 4.39. The number of carbonyl (C=O) groups excluding carboxylic acids is 1. The second-order valence-corrected chi connectivity index (χ2v) is 3.69. The predicted molar refractivity (Wildman–Crippen MR) is 61.1 cm³/mol. The maximum Gasteiger partial charge on any atom is 0.271 e. The Morgan fingerprint density at radius 3 is 2.62 bits per heavy atom. The molecule has 1 aromatic rings. The van der Waals surface area contributed by atoms with E-state index in [-0.39, 0.29) is 21.3 Å². The van der Waals surface area contributed by atoms with Crippen LogP contribution in [-0.2, 0) is 0 Å². The molecule has 0 heterocycles. The number of amides is 1. The molecule has 0 aliphatic heterocycles. The zero-order valence-electron chi connectivity index (χ0n) is 8.29. The van der Waals surface area contributed by atoms with Crippen LogP contribution in [0.3, 0.4) is 0 Å². The molecule has 1 amide bonds. The number of hydrogen-bond acceptors (Lipinski definition) is 3. The topological polar surface area (TPSA) is 72.2 Å². The molecule has 0 saturated heterocycles. The second-order valence-electron chi connectivity index (χ2n) is 2.91. The SMILES string of the molecule is CCNC(=O)c1cc([N+](=O)[O-])cc(Cl)c1Cl. The summed E-state index contributed by atoms with van der Waals surface area (Å²) >= 11 is 11.5. The molecule has 5 nitrogen and oxygen atoms in total. The molecular formula is C9H8Cl2N2O3. The van der Waals surface area contributed by atoms with E-state index < -0.39 is 10.8 Å². The summed E-state index contributed by atoms with van der Waals surface area (Å²) in [6.07, 6.45) is 0. The Kier molecular flexibility index (Phi) is 4.09. The molecule has 16 heavy (non-hydrogen) atoms. The van der Waals surface area contributed by atoms with Crippen LogP contribution in [0.1, 0.15) is 17.3 Å². The van der Waals surface area contributed by atoms with E-state index in [0.717, 1.165) is 12.1 Å². The molecule has 0 aromatic heterocycles. The normalized spacial score (nSPS) is 9.94. The molecule has 86 valence electrons. The molecule has 0 aliphatic rings. The summed E-state index contributed by atoms with van der Waals surface area (Å²) in [5, 5.41) is 13.1. The fourth-order valence-electron chi connectivity index (χ4n) is 1.10. The lowest BCUT2D eigenvalue weighted by atomic mass is 10.2. The van der Waals surface area contributed by atoms with E-state index in [9.17, 15) is 14.9 Å². The third-order valence-electron chi connectivity index (χ3n) is 1.81. The van der Waals surface area contributed by atoms with Gasteiger partial charge in [0, 0.05) is 18.7 Å². The number of rotatable bonds is 3. The molecule has 0 bridgehead atoms. The minimum absolute atomic E-state index is 0.00252. The quantitative estimate of drug-likeness (QED) is 0.673. The molecule has 0 saturated carbocycles. The fourth-order valence-corrected chi connectivity index (χ4v) is 1.51. The van der Waals surface area contributed by atoms with Crippen molar-refractivity contribution >= 4 is 34.8 Å². The number of nitrogens with zero attached hydrogens (tertiary/aromatic N) is 1. The summed E-state index contributed by atoms with van der Waals surface area (Å²) in [6.45, 7) is 2.13. The van der Waals surface area contributed by atoms with Crippen LogP contribution in [0.4, 0.5) is 5.69 Å². The molecule has 0 atom stereocenters. The van der Waals surface area contributed by atoms with Crippen molar-refractivity contribution in [1.82, 2.24) is 5.32 Å². The van der Waals surface area contributed by atoms with Crippen molar-refractivity contribution in [2.24, 2.45) is 0 Å². The lowest BCUT2D eigenvalue weighted by Gasteiger charge is -2.05. The fraction of sp³-hybridized carbons (Fsp3) is 0.222. The minimum Gasteiger partial charge on any atom is -0.352 e. The van der Waals surface area contributed by atoms with E-state index in [1.807, 2.05) is 0 Å². The van der Waals surface area contributed by atoms with Crippen molar-refractivity contribution in [3.63, 3.8) is 0 Å². The highest BCUT2D eigenvalue weighted by Gasteiger charge is 2.18. The van der Waals surface area contributed by atoms with Crippen LogP contribution in [-0.4, -0.2) is 17.4 Å². The molecule has 1 rings (SSSR count). The highest BCUT2D eigenvalue weighted by molar-refractivity contribution is 6.44. The largest absolute Gasteiger partial charge is 0.352 e. The Morgan fingerprint density at radius 2 is 2.12 bits per heavy atom. The monoisotopic (exact) mass is 262 g/mol. The highest BCUT2D eigenvalue weighted by Crippen LogP contribution is 2.30. The lowest BCUT2D eigenvalue weighted by Crippen LogP contribution is -2.23. The Hall–Kier alpha value is -1.33. The molecule has 0 spiro atoms. The Balaban J connectivity index is 3.26. The number of nitro benzene ring substituents is 1. The second kappa shape index (κ2) is 5.14. The molecule has 1 aromatic carbocycles. The van der Waals surface area contributed by atoms with Crippen molar-refractivity contribution in [3.8, 4) is 0 Å². The van der Waals surface area contributed by atoms with Gasteiger partial charge in [0.2, 0.25) is 0 Å². The maximum absolute atomic E-state index is 11.5. The molecule has 0 fully saturated rings. The van der Waals surface area contributed by atoms with Crippen molar-refractivity contribution in [2.75, 3.05) is 6.54 Å². The van der Waals surface area contributed by atoms with Crippen molar-refractivity contribution in [1.29, 1.82) is 0 Å². The van der Waals surface area contributed by atoms with Gasteiger partial charge in [-0.1, -0.05) is 23.2 Å². The van der Waals surface area contributed by atoms with Crippen molar-refractivity contribution < 1.29 is 9.72 Å². The summed E-state index contributed by atoms with van der Waals surface area (Å²) < 4.78 is 0. The number of non-ortho nitro benzene ring substituents is 1. The number of carbonyl (C=O) groups is 1. The van der Waals surface area contributed by atoms with Gasteiger partial charge >= 0.3 is 0 Å². The minimum atomic E-state index is -0.634. The van der Waals surface area contributed by atoms with Gasteiger partial charge < -0.3 is 5.32 Å². The zero-order chi connectivity index (χ0) is 12.3. The first-order chi connectivity index (χ1) is 7.47. The van der Waals surface area contributed by atoms with Crippen molar-refractivity contribution in [2.45, 2.75) is 6.92 Å². The zero-order valence-corrected chi connectivity index (χ0v) is 9.80. The van der Waals surface area contributed by atoms with E-state index in [1.165, 1.54) is 0 Å². The highest BCUT2D eigenvalue weighted by atomic mass is 35.5. The van der Waals surface area contributed by atoms with Crippen LogP contribution < -0.4 is 5.32 Å². The maximum atomic E-state index is 11.5.